The van der Waals surface area contributed by atoms with Crippen LogP contribution in [0, 0.1) is 13.8 Å². The summed E-state index contributed by atoms with van der Waals surface area (Å²) < 4.78 is 70.0. The van der Waals surface area contributed by atoms with Crippen molar-refractivity contribution < 1.29 is 46.7 Å². The number of nitrogens with zero attached hydrogens (tertiary/aromatic N) is 2. The van der Waals surface area contributed by atoms with Crippen LogP contribution in [0.1, 0.15) is 97.5 Å². The minimum Gasteiger partial charge on any atom is -0.497 e. The van der Waals surface area contributed by atoms with E-state index in [-0.39, 0.29) is 37.1 Å². The van der Waals surface area contributed by atoms with Crippen LogP contribution in [0.2, 0.25) is 11.1 Å². The summed E-state index contributed by atoms with van der Waals surface area (Å²) in [7, 11) is 2.80. The molecule has 0 saturated carbocycles. The molecule has 0 aliphatic carbocycles. The number of methoxy groups -OCH3 is 4. The van der Waals surface area contributed by atoms with E-state index in [9.17, 15) is 19.2 Å². The number of H-pyrrole nitrogens is 2. The van der Waals surface area contributed by atoms with Gasteiger partial charge >= 0.3 is 19.9 Å². The number of aromatic nitrogens is 4. The first kappa shape index (κ1) is 61.9. The van der Waals surface area contributed by atoms with Crippen molar-refractivity contribution in [2.24, 2.45) is 0 Å². The molecule has 2 aromatic heterocycles. The van der Waals surface area contributed by atoms with Gasteiger partial charge in [-0.25, -0.2) is 9.59 Å². The number of hydrogen-bond donors (Lipinski definition) is 2. The number of aromatic amines is 2. The normalized spacial score (nSPS) is 18.9. The van der Waals surface area contributed by atoms with E-state index in [1.165, 1.54) is 21.5 Å². The molecule has 2 N–H and O–H groups in total. The number of hydrogen-bond acceptors (Lipinski definition) is 14. The maximum atomic E-state index is 13.8. The predicted octanol–water partition coefficient (Wildman–Crippen LogP) is 10.4. The molecule has 4 heterocycles. The summed E-state index contributed by atoms with van der Waals surface area (Å²) in [6.45, 7) is 11.5. The smallest absolute Gasteiger partial charge is 0.344 e. The van der Waals surface area contributed by atoms with Crippen molar-refractivity contribution in [3.8, 4) is 23.0 Å². The molecule has 0 spiro atoms. The quantitative estimate of drug-likeness (QED) is 0.0427. The average Bonchev–Trinajstić information content (AvgIpc) is 4.07. The Kier molecular flexibility index (Phi) is 18.8. The van der Waals surface area contributed by atoms with Crippen molar-refractivity contribution in [3.05, 3.63) is 256 Å². The zero-order valence-electron chi connectivity index (χ0n) is 50.7. The number of benzene rings is 6. The summed E-state index contributed by atoms with van der Waals surface area (Å²) >= 11 is 0. The van der Waals surface area contributed by atoms with Gasteiger partial charge in [-0.15, -0.1) is 0 Å². The Morgan fingerprint density at radius 1 is 0.460 bits per heavy atom. The largest absolute Gasteiger partial charge is 0.497 e. The SMILES string of the molecule is COc1ccc(C(OC[C@@H]2O[C@H](n3cc(C)c(=O)[nH]c3=O)C[C@H]2O[Si](O[C@H]2C[C@H](n3cc(C)c(=O)[nH]c3=O)O[C@@H]2COC(c2ccccc2)(c2ccc(OC)cc2)c2ccc(OC)cc2)(C(C)C)C(C)C)(c2ccccc2)c2ccc(OC)cc2)cc1. The maximum absolute atomic E-state index is 13.8. The summed E-state index contributed by atoms with van der Waals surface area (Å²) in [5.74, 6) is 2.65. The van der Waals surface area contributed by atoms with E-state index in [2.05, 4.69) is 37.7 Å². The summed E-state index contributed by atoms with van der Waals surface area (Å²) in [5.41, 5.74) is 0.218. The topological polar surface area (TPSA) is 202 Å². The standard InChI is InChI=1S/C68H76N4O14Si/c1-43(2)87(44(3)4,85-57-37-61(71-39-45(5)63(73)69-65(71)75)83-59(57)41-81-67(47-17-13-11-14-18-47,49-21-29-53(77-7)30-22-49)50-23-31-54(78-8)32-24-50)86-58-38-62(72-40-46(6)64(74)70-66(72)76)84-60(58)42-82-68(48-19-15-12-16-20-48,51-25-33-55(79-9)34-26-51)52-27-35-56(80-10)36-28-52/h11-36,39-40,43-44,57-62H,37-38,41-42H2,1-10H3,(H,69,73,75)(H,70,74,76)/t57-,58+,59+,60-,61+,62-. The third kappa shape index (κ3) is 12.4. The highest BCUT2D eigenvalue weighted by Crippen LogP contribution is 2.48. The third-order valence-corrected chi connectivity index (χ3v) is 21.4. The second kappa shape index (κ2) is 26.5. The zero-order chi connectivity index (χ0) is 61.6. The number of ether oxygens (including phenoxy) is 8. The second-order valence-corrected chi connectivity index (χ2v) is 26.9. The highest BCUT2D eigenvalue weighted by atomic mass is 28.4. The molecule has 0 amide bonds. The number of aryl methyl sites for hydroxylation is 2. The van der Waals surface area contributed by atoms with Gasteiger partial charge in [-0.2, -0.15) is 0 Å². The van der Waals surface area contributed by atoms with Gasteiger partial charge in [0.15, 0.2) is 0 Å². The maximum Gasteiger partial charge on any atom is 0.344 e. The van der Waals surface area contributed by atoms with Crippen LogP contribution in [0.4, 0.5) is 0 Å². The minimum atomic E-state index is -3.68. The van der Waals surface area contributed by atoms with E-state index < -0.39 is 79.1 Å². The van der Waals surface area contributed by atoms with Crippen molar-refractivity contribution in [2.75, 3.05) is 41.7 Å². The molecule has 19 heteroatoms. The first-order chi connectivity index (χ1) is 42.0. The van der Waals surface area contributed by atoms with Gasteiger partial charge in [0.1, 0.15) is 58.9 Å². The Morgan fingerprint density at radius 3 is 1.02 bits per heavy atom. The molecule has 0 unspecified atom stereocenters. The van der Waals surface area contributed by atoms with Crippen LogP contribution in [0.15, 0.2) is 189 Å². The first-order valence-corrected chi connectivity index (χ1v) is 31.2. The van der Waals surface area contributed by atoms with Gasteiger partial charge < -0.3 is 46.7 Å². The van der Waals surface area contributed by atoms with E-state index in [1.54, 1.807) is 42.3 Å². The fourth-order valence-electron chi connectivity index (χ4n) is 12.2. The lowest BCUT2D eigenvalue weighted by atomic mass is 9.80. The molecule has 456 valence electrons. The van der Waals surface area contributed by atoms with Crippen LogP contribution in [0.5, 0.6) is 23.0 Å². The van der Waals surface area contributed by atoms with Crippen LogP contribution >= 0.6 is 0 Å². The van der Waals surface area contributed by atoms with Crippen LogP contribution in [0.3, 0.4) is 0 Å². The Hall–Kier alpha value is -8.14. The van der Waals surface area contributed by atoms with Crippen LogP contribution in [0.25, 0.3) is 0 Å². The first-order valence-electron chi connectivity index (χ1n) is 29.2. The van der Waals surface area contributed by atoms with E-state index in [0.29, 0.717) is 34.1 Å². The van der Waals surface area contributed by atoms with Gasteiger partial charge in [-0.1, -0.05) is 137 Å². The molecule has 10 rings (SSSR count). The Bertz CT molecular complexity index is 3490. The highest BCUT2D eigenvalue weighted by molar-refractivity contribution is 6.70. The molecule has 6 aromatic carbocycles. The number of nitrogens with one attached hydrogen (secondary N) is 2. The Balaban J connectivity index is 1.07. The van der Waals surface area contributed by atoms with Gasteiger partial charge in [-0.05, 0) is 107 Å². The van der Waals surface area contributed by atoms with E-state index in [0.717, 1.165) is 33.4 Å². The minimum absolute atomic E-state index is 0.0658. The lowest BCUT2D eigenvalue weighted by Gasteiger charge is -2.43. The van der Waals surface area contributed by atoms with E-state index in [4.69, 9.17) is 46.7 Å². The van der Waals surface area contributed by atoms with E-state index >= 15 is 0 Å². The van der Waals surface area contributed by atoms with Crippen molar-refractivity contribution >= 4 is 8.56 Å². The van der Waals surface area contributed by atoms with Crippen molar-refractivity contribution in [2.45, 2.75) is 114 Å². The van der Waals surface area contributed by atoms with Crippen LogP contribution in [-0.4, -0.2) is 93.7 Å². The summed E-state index contributed by atoms with van der Waals surface area (Å²) in [6.07, 6.45) is -1.75. The fraction of sp³-hybridized carbons (Fsp3) is 0.353. The lowest BCUT2D eigenvalue weighted by Crippen LogP contribution is -2.55. The Labute approximate surface area is 506 Å². The third-order valence-electron chi connectivity index (χ3n) is 16.8. The second-order valence-electron chi connectivity index (χ2n) is 22.7. The molecule has 0 bridgehead atoms. The highest BCUT2D eigenvalue weighted by Gasteiger charge is 2.55. The van der Waals surface area contributed by atoms with Crippen molar-refractivity contribution in [3.63, 3.8) is 0 Å². The molecule has 0 radical (unpaired) electrons. The van der Waals surface area contributed by atoms with Crippen molar-refractivity contribution in [1.29, 1.82) is 0 Å². The van der Waals surface area contributed by atoms with Gasteiger partial charge in [0.05, 0.1) is 53.9 Å². The number of rotatable bonds is 24. The summed E-state index contributed by atoms with van der Waals surface area (Å²) in [4.78, 5) is 58.3. The van der Waals surface area contributed by atoms with Gasteiger partial charge in [-0.3, -0.25) is 28.7 Å². The Morgan fingerprint density at radius 2 is 0.747 bits per heavy atom. The molecule has 2 fully saturated rings. The van der Waals surface area contributed by atoms with E-state index in [1.807, 2.05) is 158 Å². The molecule has 2 aliphatic rings. The van der Waals surface area contributed by atoms with Crippen molar-refractivity contribution in [1.82, 2.24) is 19.1 Å². The monoisotopic (exact) mass is 1200 g/mol. The zero-order valence-corrected chi connectivity index (χ0v) is 51.7. The van der Waals surface area contributed by atoms with Crippen LogP contribution in [-0.2, 0) is 39.0 Å². The lowest BCUT2D eigenvalue weighted by molar-refractivity contribution is -0.104. The summed E-state index contributed by atoms with van der Waals surface area (Å²) in [6, 6.07) is 50.8. The van der Waals surface area contributed by atoms with Crippen LogP contribution < -0.4 is 41.4 Å². The molecule has 18 nitrogen and oxygen atoms in total. The fourth-order valence-corrected chi connectivity index (χ4v) is 16.1. The average molecular weight is 1200 g/mol. The van der Waals surface area contributed by atoms with Gasteiger partial charge in [0.2, 0.25) is 0 Å². The predicted molar refractivity (Wildman–Crippen MR) is 331 cm³/mol. The van der Waals surface area contributed by atoms with Gasteiger partial charge in [0, 0.05) is 36.4 Å². The summed E-state index contributed by atoms with van der Waals surface area (Å²) in [5, 5.41) is 0. The molecule has 6 atom stereocenters. The molecule has 2 saturated heterocycles. The molecule has 87 heavy (non-hydrogen) atoms. The molecular weight excluding hydrogens is 1120 g/mol. The molecule has 2 aliphatic heterocycles. The van der Waals surface area contributed by atoms with Gasteiger partial charge in [0.25, 0.3) is 11.1 Å². The molecule has 8 aromatic rings. The molecular formula is C68H76N4O14Si.